The van der Waals surface area contributed by atoms with Crippen LogP contribution in [0.1, 0.15) is 76.0 Å². The van der Waals surface area contributed by atoms with E-state index in [1.54, 1.807) is 39.1 Å². The third-order valence-electron chi connectivity index (χ3n) is 10.4. The topological polar surface area (TPSA) is 153 Å². The molecule has 1 saturated heterocycles. The average molecular weight is 684 g/mol. The van der Waals surface area contributed by atoms with E-state index in [2.05, 4.69) is 36.4 Å². The minimum atomic E-state index is -1.18. The van der Waals surface area contributed by atoms with Crippen molar-refractivity contribution in [2.75, 3.05) is 34.6 Å². The molecule has 2 heterocycles. The number of para-hydroxylation sites is 1. The van der Waals surface area contributed by atoms with Gasteiger partial charge in [0.2, 0.25) is 12.7 Å². The monoisotopic (exact) mass is 683 g/mol. The number of carbonyl (C=O) groups excluding carboxylic acids is 3. The molecular weight excluding hydrogens is 633 g/mol. The molecule has 1 N–H and O–H groups in total. The van der Waals surface area contributed by atoms with Crippen LogP contribution >= 0.6 is 0 Å². The van der Waals surface area contributed by atoms with Gasteiger partial charge in [0, 0.05) is 13.2 Å². The smallest absolute Gasteiger partial charge is 0.482 e. The van der Waals surface area contributed by atoms with Gasteiger partial charge >= 0.3 is 19.1 Å². The predicted molar refractivity (Wildman–Crippen MR) is 178 cm³/mol. The number of methoxy groups -OCH3 is 1. The van der Waals surface area contributed by atoms with Crippen LogP contribution in [0.3, 0.4) is 0 Å². The number of esters is 2. The predicted octanol–water partition coefficient (Wildman–Crippen LogP) is 2.82. The van der Waals surface area contributed by atoms with Crippen LogP contribution in [0.4, 0.5) is 0 Å². The summed E-state index contributed by atoms with van der Waals surface area (Å²) in [6, 6.07) is 5.08. The lowest BCUT2D eigenvalue weighted by Gasteiger charge is -2.64. The van der Waals surface area contributed by atoms with Crippen LogP contribution in [0.25, 0.3) is 0 Å². The van der Waals surface area contributed by atoms with Gasteiger partial charge in [-0.1, -0.05) is 31.2 Å². The van der Waals surface area contributed by atoms with Gasteiger partial charge in [-0.3, -0.25) is 4.79 Å². The first-order valence-electron chi connectivity index (χ1n) is 16.9. The number of ether oxygens (including phenoxy) is 4. The second-order valence-electron chi connectivity index (χ2n) is 14.8. The number of rotatable bonds is 15. The van der Waals surface area contributed by atoms with Crippen molar-refractivity contribution < 1.29 is 42.6 Å². The van der Waals surface area contributed by atoms with Crippen LogP contribution in [0.2, 0.25) is 0 Å². The molecule has 1 amide bonds. The highest BCUT2D eigenvalue weighted by Crippen LogP contribution is 2.65. The van der Waals surface area contributed by atoms with Crippen molar-refractivity contribution in [2.45, 2.75) is 97.1 Å². The largest absolute Gasteiger partial charge is 0.496 e. The second-order valence-corrected chi connectivity index (χ2v) is 14.8. The molecule has 2 bridgehead atoms. The molecule has 14 nitrogen and oxygen atoms in total. The van der Waals surface area contributed by atoms with Crippen LogP contribution < -0.4 is 10.1 Å². The summed E-state index contributed by atoms with van der Waals surface area (Å²) in [5.74, 6) is -1.18. The number of amides is 1. The normalized spacial score (nSPS) is 24.5. The van der Waals surface area contributed by atoms with Gasteiger partial charge < -0.3 is 38.5 Å². The Bertz CT molecular complexity index is 1530. The summed E-state index contributed by atoms with van der Waals surface area (Å²) in [7, 11) is 4.58. The zero-order chi connectivity index (χ0) is 35.7. The molecule has 3 aliphatic carbocycles. The Labute approximate surface area is 288 Å². The van der Waals surface area contributed by atoms with Crippen molar-refractivity contribution in [2.24, 2.45) is 17.3 Å². The number of nitrogens with one attached hydrogen (secondary N) is 1. The molecular formula is C34H50BN5O9. The molecule has 5 atom stereocenters. The first-order chi connectivity index (χ1) is 23.1. The quantitative estimate of drug-likeness (QED) is 0.167. The second kappa shape index (κ2) is 14.4. The third kappa shape index (κ3) is 7.64. The molecule has 4 fully saturated rings. The molecule has 49 heavy (non-hydrogen) atoms. The van der Waals surface area contributed by atoms with Crippen molar-refractivity contribution in [1.82, 2.24) is 25.2 Å². The summed E-state index contributed by atoms with van der Waals surface area (Å²) in [4.78, 5) is 41.0. The van der Waals surface area contributed by atoms with Gasteiger partial charge in [-0.05, 0) is 89.9 Å². The van der Waals surface area contributed by atoms with E-state index in [-0.39, 0.29) is 41.7 Å². The molecule has 0 radical (unpaired) electrons. The van der Waals surface area contributed by atoms with E-state index < -0.39 is 43.0 Å². The minimum Gasteiger partial charge on any atom is -0.496 e. The molecule has 15 heteroatoms. The van der Waals surface area contributed by atoms with Crippen LogP contribution in [-0.4, -0.2) is 103 Å². The summed E-state index contributed by atoms with van der Waals surface area (Å²) in [6.45, 7) is 11.9. The number of nitrogens with zero attached hydrogens (tertiary/aromatic N) is 4. The van der Waals surface area contributed by atoms with E-state index in [1.165, 1.54) is 11.8 Å². The molecule has 3 saturated carbocycles. The number of benzene rings is 1. The van der Waals surface area contributed by atoms with Crippen molar-refractivity contribution in [3.8, 4) is 5.75 Å². The summed E-state index contributed by atoms with van der Waals surface area (Å²) in [6.07, 6.45) is 3.85. The highest BCUT2D eigenvalue weighted by molar-refractivity contribution is 6.48. The average Bonchev–Trinajstić information content (AvgIpc) is 3.62. The fourth-order valence-corrected chi connectivity index (χ4v) is 7.69. The minimum absolute atomic E-state index is 0.0512. The van der Waals surface area contributed by atoms with Crippen LogP contribution in [0.5, 0.6) is 5.75 Å². The number of carbonyl (C=O) groups is 3. The fraction of sp³-hybridized carbons (Fsp3) is 0.676. The van der Waals surface area contributed by atoms with Gasteiger partial charge in [0.05, 0.1) is 36.6 Å². The number of hydrogen-bond donors (Lipinski definition) is 1. The molecule has 6 rings (SSSR count). The lowest BCUT2D eigenvalue weighted by Crippen LogP contribution is -2.65. The third-order valence-corrected chi connectivity index (χ3v) is 10.4. The molecule has 4 aliphatic rings. The first kappa shape index (κ1) is 36.7. The Morgan fingerprint density at radius 2 is 1.94 bits per heavy atom. The Balaban J connectivity index is 1.34. The lowest BCUT2D eigenvalue weighted by atomic mass is 9.43. The van der Waals surface area contributed by atoms with E-state index >= 15 is 0 Å². The van der Waals surface area contributed by atoms with Crippen molar-refractivity contribution >= 4 is 25.0 Å². The maximum Gasteiger partial charge on any atom is 0.482 e. The summed E-state index contributed by atoms with van der Waals surface area (Å²) in [5.41, 5.74) is -0.0275. The van der Waals surface area contributed by atoms with Gasteiger partial charge in [-0.2, -0.15) is 0 Å². The zero-order valence-electron chi connectivity index (χ0n) is 30.1. The summed E-state index contributed by atoms with van der Waals surface area (Å²) < 4.78 is 36.4. The van der Waals surface area contributed by atoms with Crippen molar-refractivity contribution in [3.63, 3.8) is 0 Å². The zero-order valence-corrected chi connectivity index (χ0v) is 30.1. The van der Waals surface area contributed by atoms with Gasteiger partial charge in [-0.25, -0.2) is 14.3 Å². The molecule has 2 aromatic rings. The van der Waals surface area contributed by atoms with Gasteiger partial charge in [-0.15, -0.1) is 5.10 Å². The standard InChI is InChI=1S/C34H50BN5O9/c1-10-47-33(4,5)31(43)46-20-45-30(42)24-13-11-12-21(29(24)44-9)14-27(36-28(41)19-40-18-23(37-38-40)17-39(7)8)35-48-26-16-22-15-25(32(22,2)3)34(26,6)49-35/h11-13,18,22,25-27H,10,14-17,19-20H2,1-9H3,(H,36,41)/t22-,25-,26+,27?,34-/m0/s1. The Morgan fingerprint density at radius 3 is 2.61 bits per heavy atom. The maximum absolute atomic E-state index is 13.5. The summed E-state index contributed by atoms with van der Waals surface area (Å²) in [5, 5.41) is 11.4. The van der Waals surface area contributed by atoms with Gasteiger partial charge in [0.1, 0.15) is 17.9 Å². The van der Waals surface area contributed by atoms with Gasteiger partial charge in [0.15, 0.2) is 5.60 Å². The van der Waals surface area contributed by atoms with Gasteiger partial charge in [0.25, 0.3) is 0 Å². The van der Waals surface area contributed by atoms with E-state index in [0.29, 0.717) is 30.6 Å². The lowest BCUT2D eigenvalue weighted by molar-refractivity contribution is -0.199. The van der Waals surface area contributed by atoms with E-state index in [1.807, 2.05) is 25.1 Å². The summed E-state index contributed by atoms with van der Waals surface area (Å²) >= 11 is 0. The molecule has 1 aliphatic heterocycles. The molecule has 268 valence electrons. The van der Waals surface area contributed by atoms with E-state index in [0.717, 1.165) is 18.5 Å². The highest BCUT2D eigenvalue weighted by atomic mass is 16.7. The van der Waals surface area contributed by atoms with E-state index in [9.17, 15) is 14.4 Å². The molecule has 1 aromatic carbocycles. The van der Waals surface area contributed by atoms with Crippen LogP contribution in [0, 0.1) is 17.3 Å². The van der Waals surface area contributed by atoms with E-state index in [4.69, 9.17) is 28.3 Å². The Kier molecular flexibility index (Phi) is 10.8. The van der Waals surface area contributed by atoms with Crippen LogP contribution in [0.15, 0.2) is 24.4 Å². The van der Waals surface area contributed by atoms with Crippen LogP contribution in [-0.2, 0) is 52.6 Å². The SMILES string of the molecule is CCOC(C)(C)C(=O)OCOC(=O)c1cccc(CC(NC(=O)Cn2cc(CN(C)C)nn2)B2O[C@@H]3C[C@@H]4C[C@@H](C4(C)C)[C@]3(C)O2)c1OC. The maximum atomic E-state index is 13.5. The van der Waals surface area contributed by atoms with Crippen molar-refractivity contribution in [1.29, 1.82) is 0 Å². The Morgan fingerprint density at radius 1 is 1.18 bits per heavy atom. The first-order valence-corrected chi connectivity index (χ1v) is 16.9. The molecule has 1 unspecified atom stereocenters. The fourth-order valence-electron chi connectivity index (χ4n) is 7.69. The number of aromatic nitrogens is 3. The Hall–Kier alpha value is -3.53. The molecule has 1 aromatic heterocycles. The molecule has 0 spiro atoms. The highest BCUT2D eigenvalue weighted by Gasteiger charge is 2.68. The van der Waals surface area contributed by atoms with Crippen molar-refractivity contribution in [3.05, 3.63) is 41.2 Å². The number of hydrogen-bond acceptors (Lipinski definition) is 12.